The highest BCUT2D eigenvalue weighted by Crippen LogP contribution is 2.12. The van der Waals surface area contributed by atoms with Crippen molar-refractivity contribution in [3.8, 4) is 0 Å². The molecule has 11 heavy (non-hydrogen) atoms. The molecule has 0 heterocycles. The zero-order valence-corrected chi connectivity index (χ0v) is 7.50. The van der Waals surface area contributed by atoms with Gasteiger partial charge in [-0.1, -0.05) is 20.3 Å². The van der Waals surface area contributed by atoms with Gasteiger partial charge in [0.25, 0.3) is 10.1 Å². The van der Waals surface area contributed by atoms with E-state index in [1.165, 1.54) is 0 Å². The van der Waals surface area contributed by atoms with Gasteiger partial charge in [-0.05, 0) is 12.3 Å². The summed E-state index contributed by atoms with van der Waals surface area (Å²) in [7, 11) is -4.25. The molecule has 0 saturated heterocycles. The van der Waals surface area contributed by atoms with Crippen molar-refractivity contribution in [2.75, 3.05) is 0 Å². The third-order valence-electron chi connectivity index (χ3n) is 1.64. The summed E-state index contributed by atoms with van der Waals surface area (Å²) in [5.41, 5.74) is -1.63. The molecule has 0 aromatic carbocycles. The minimum atomic E-state index is -4.25. The predicted molar refractivity (Wildman–Crippen MR) is 41.6 cm³/mol. The molecule has 0 spiro atoms. The maximum absolute atomic E-state index is 10.3. The Morgan fingerprint density at radius 1 is 1.45 bits per heavy atom. The molecule has 0 fully saturated rings. The van der Waals surface area contributed by atoms with E-state index in [1.54, 1.807) is 0 Å². The van der Waals surface area contributed by atoms with Crippen LogP contribution in [0.2, 0.25) is 0 Å². The van der Waals surface area contributed by atoms with E-state index in [0.29, 0.717) is 0 Å². The number of rotatable bonds is 4. The maximum Gasteiger partial charge on any atom is 0.291 e. The molecule has 0 aliphatic rings. The van der Waals surface area contributed by atoms with Crippen molar-refractivity contribution in [3.63, 3.8) is 0 Å². The summed E-state index contributed by atoms with van der Waals surface area (Å²) in [6.07, 6.45) is 0.877. The van der Waals surface area contributed by atoms with Crippen molar-refractivity contribution >= 4 is 10.1 Å². The molecule has 0 aliphatic heterocycles. The molecule has 4 nitrogen and oxygen atoms in total. The third kappa shape index (κ3) is 4.34. The molecule has 0 amide bonds. The highest BCUT2D eigenvalue weighted by Gasteiger charge is 2.20. The van der Waals surface area contributed by atoms with Gasteiger partial charge in [0.05, 0.1) is 0 Å². The molecule has 0 radical (unpaired) electrons. The Labute approximate surface area is 67.0 Å². The van der Waals surface area contributed by atoms with E-state index >= 15 is 0 Å². The summed E-state index contributed by atoms with van der Waals surface area (Å²) in [6, 6.07) is 0. The van der Waals surface area contributed by atoms with Crippen LogP contribution < -0.4 is 0 Å². The van der Waals surface area contributed by atoms with E-state index in [-0.39, 0.29) is 12.3 Å². The first-order valence-electron chi connectivity index (χ1n) is 3.52. The van der Waals surface area contributed by atoms with E-state index in [2.05, 4.69) is 0 Å². The Morgan fingerprint density at radius 2 is 1.91 bits per heavy atom. The SMILES string of the molecule is CCC(C)CC(O)S(=O)(=O)O. The van der Waals surface area contributed by atoms with Crippen LogP contribution in [0.5, 0.6) is 0 Å². The Bertz CT molecular complexity index is 197. The quantitative estimate of drug-likeness (QED) is 0.625. The second-order valence-corrected chi connectivity index (χ2v) is 4.29. The molecule has 0 aliphatic carbocycles. The predicted octanol–water partition coefficient (Wildman–Crippen LogP) is 0.629. The van der Waals surface area contributed by atoms with Gasteiger partial charge in [-0.15, -0.1) is 0 Å². The highest BCUT2D eigenvalue weighted by atomic mass is 32.2. The smallest absolute Gasteiger partial charge is 0.291 e. The first kappa shape index (κ1) is 10.9. The Balaban J connectivity index is 3.98. The first-order chi connectivity index (χ1) is 4.88. The maximum atomic E-state index is 10.3. The van der Waals surface area contributed by atoms with Gasteiger partial charge in [-0.3, -0.25) is 4.55 Å². The van der Waals surface area contributed by atoms with Crippen LogP contribution in [0.4, 0.5) is 0 Å². The van der Waals surface area contributed by atoms with Gasteiger partial charge in [-0.25, -0.2) is 0 Å². The van der Waals surface area contributed by atoms with Crippen molar-refractivity contribution in [1.82, 2.24) is 0 Å². The van der Waals surface area contributed by atoms with E-state index in [0.717, 1.165) is 6.42 Å². The van der Waals surface area contributed by atoms with Crippen molar-refractivity contribution in [3.05, 3.63) is 0 Å². The van der Waals surface area contributed by atoms with Crippen molar-refractivity contribution < 1.29 is 18.1 Å². The lowest BCUT2D eigenvalue weighted by Gasteiger charge is -2.11. The topological polar surface area (TPSA) is 74.6 Å². The summed E-state index contributed by atoms with van der Waals surface area (Å²) >= 11 is 0. The minimum absolute atomic E-state index is 0.0926. The fourth-order valence-electron chi connectivity index (χ4n) is 0.632. The summed E-state index contributed by atoms with van der Waals surface area (Å²) in [5, 5.41) is 8.85. The Hall–Kier alpha value is -0.130. The molecule has 0 bridgehead atoms. The van der Waals surface area contributed by atoms with E-state index in [4.69, 9.17) is 9.66 Å². The average molecular weight is 182 g/mol. The molecule has 0 aromatic heterocycles. The van der Waals surface area contributed by atoms with Crippen molar-refractivity contribution in [1.29, 1.82) is 0 Å². The molecule has 0 aromatic rings. The van der Waals surface area contributed by atoms with Crippen LogP contribution in [-0.4, -0.2) is 23.5 Å². The molecule has 5 heteroatoms. The number of aliphatic hydroxyl groups excluding tert-OH is 1. The van der Waals surface area contributed by atoms with Crippen LogP contribution in [-0.2, 0) is 10.1 Å². The summed E-state index contributed by atoms with van der Waals surface area (Å²) in [5.74, 6) is 0.104. The minimum Gasteiger partial charge on any atom is -0.375 e. The molecule has 68 valence electrons. The van der Waals surface area contributed by atoms with E-state index < -0.39 is 15.6 Å². The Morgan fingerprint density at radius 3 is 2.18 bits per heavy atom. The van der Waals surface area contributed by atoms with Crippen LogP contribution in [0, 0.1) is 5.92 Å². The summed E-state index contributed by atoms with van der Waals surface area (Å²) in [4.78, 5) is 0. The van der Waals surface area contributed by atoms with Gasteiger partial charge < -0.3 is 5.11 Å². The normalized spacial score (nSPS) is 17.8. The van der Waals surface area contributed by atoms with Crippen molar-refractivity contribution in [2.45, 2.75) is 32.1 Å². The van der Waals surface area contributed by atoms with Gasteiger partial charge in [0.1, 0.15) is 0 Å². The zero-order valence-electron chi connectivity index (χ0n) is 6.69. The molecule has 2 N–H and O–H groups in total. The van der Waals surface area contributed by atoms with Crippen LogP contribution in [0.25, 0.3) is 0 Å². The van der Waals surface area contributed by atoms with Crippen molar-refractivity contribution in [2.24, 2.45) is 5.92 Å². The van der Waals surface area contributed by atoms with Gasteiger partial charge in [0.15, 0.2) is 5.44 Å². The summed E-state index contributed by atoms with van der Waals surface area (Å²) < 4.78 is 28.9. The fourth-order valence-corrected chi connectivity index (χ4v) is 1.20. The molecular weight excluding hydrogens is 168 g/mol. The Kier molecular flexibility index (Phi) is 3.99. The second kappa shape index (κ2) is 4.04. The lowest BCUT2D eigenvalue weighted by atomic mass is 10.1. The van der Waals surface area contributed by atoms with Gasteiger partial charge in [0.2, 0.25) is 0 Å². The molecule has 2 unspecified atom stereocenters. The van der Waals surface area contributed by atoms with Crippen LogP contribution >= 0.6 is 0 Å². The van der Waals surface area contributed by atoms with Crippen LogP contribution in [0.15, 0.2) is 0 Å². The zero-order chi connectivity index (χ0) is 9.07. The second-order valence-electron chi connectivity index (χ2n) is 2.72. The average Bonchev–Trinajstić information content (AvgIpc) is 1.85. The fraction of sp³-hybridized carbons (Fsp3) is 1.00. The third-order valence-corrected chi connectivity index (χ3v) is 2.52. The van der Waals surface area contributed by atoms with Gasteiger partial charge in [0, 0.05) is 0 Å². The van der Waals surface area contributed by atoms with E-state index in [9.17, 15) is 8.42 Å². The van der Waals surface area contributed by atoms with Crippen LogP contribution in [0.1, 0.15) is 26.7 Å². The summed E-state index contributed by atoms with van der Waals surface area (Å²) in [6.45, 7) is 3.70. The molecule has 0 rings (SSSR count). The molecule has 0 saturated carbocycles. The van der Waals surface area contributed by atoms with Gasteiger partial charge >= 0.3 is 0 Å². The highest BCUT2D eigenvalue weighted by molar-refractivity contribution is 7.86. The number of hydrogen-bond acceptors (Lipinski definition) is 3. The van der Waals surface area contributed by atoms with Gasteiger partial charge in [-0.2, -0.15) is 8.42 Å². The molecular formula is C6H14O4S. The monoisotopic (exact) mass is 182 g/mol. The molecule has 2 atom stereocenters. The standard InChI is InChI=1S/C6H14O4S/c1-3-5(2)4-6(7)11(8,9)10/h5-7H,3-4H2,1-2H3,(H,8,9,10). The number of hydrogen-bond donors (Lipinski definition) is 2. The van der Waals surface area contributed by atoms with Crippen LogP contribution in [0.3, 0.4) is 0 Å². The lowest BCUT2D eigenvalue weighted by Crippen LogP contribution is -2.22. The first-order valence-corrected chi connectivity index (χ1v) is 5.02. The number of aliphatic hydroxyl groups is 1. The van der Waals surface area contributed by atoms with E-state index in [1.807, 2.05) is 13.8 Å². The lowest BCUT2D eigenvalue weighted by molar-refractivity contribution is 0.202. The largest absolute Gasteiger partial charge is 0.375 e.